The molecule has 1 aliphatic heterocycles. The van der Waals surface area contributed by atoms with Crippen LogP contribution in [0.25, 0.3) is 0 Å². The van der Waals surface area contributed by atoms with Crippen molar-refractivity contribution in [2.75, 3.05) is 13.7 Å². The molecule has 1 saturated heterocycles. The lowest BCUT2D eigenvalue weighted by Gasteiger charge is -2.50. The summed E-state index contributed by atoms with van der Waals surface area (Å²) in [5, 5.41) is 9.94. The fourth-order valence-electron chi connectivity index (χ4n) is 1.63. The molecule has 0 aromatic carbocycles. The van der Waals surface area contributed by atoms with Crippen molar-refractivity contribution in [1.82, 2.24) is 4.90 Å². The summed E-state index contributed by atoms with van der Waals surface area (Å²) < 4.78 is 9.63. The second-order valence-corrected chi connectivity index (χ2v) is 5.20. The molecule has 0 saturated carbocycles. The number of β-amino-alcohol motifs (C(OH)–C–C–N with tert-alkyl or cyclic N) is 1. The second-order valence-electron chi connectivity index (χ2n) is 5.20. The fraction of sp³-hybridized carbons (Fsp3) is 0.818. The maximum atomic E-state index is 11.7. The van der Waals surface area contributed by atoms with E-state index in [4.69, 9.17) is 4.74 Å². The summed E-state index contributed by atoms with van der Waals surface area (Å²) in [6.45, 7) is 6.73. The zero-order chi connectivity index (χ0) is 13.4. The van der Waals surface area contributed by atoms with Crippen LogP contribution in [0.2, 0.25) is 0 Å². The molecule has 1 N–H and O–H groups in total. The Morgan fingerprint density at radius 2 is 1.94 bits per heavy atom. The number of hydrogen-bond donors (Lipinski definition) is 1. The molecule has 0 radical (unpaired) electrons. The standard InChI is InChI=1S/C11H19NO5/c1-7-11(15,8(13)16-5)6-12(7)9(14)17-10(2,3)4/h7,15H,6H2,1-5H3/t7-,11?/m0/s1. The highest BCUT2D eigenvalue weighted by atomic mass is 16.6. The summed E-state index contributed by atoms with van der Waals surface area (Å²) in [5.74, 6) is -0.732. The summed E-state index contributed by atoms with van der Waals surface area (Å²) >= 11 is 0. The molecule has 17 heavy (non-hydrogen) atoms. The zero-order valence-corrected chi connectivity index (χ0v) is 10.8. The Morgan fingerprint density at radius 1 is 1.41 bits per heavy atom. The zero-order valence-electron chi connectivity index (χ0n) is 10.8. The largest absolute Gasteiger partial charge is 0.467 e. The van der Waals surface area contributed by atoms with E-state index in [1.807, 2.05) is 0 Å². The Balaban J connectivity index is 2.64. The molecule has 2 atom stereocenters. The van der Waals surface area contributed by atoms with Crippen molar-refractivity contribution >= 4 is 12.1 Å². The van der Waals surface area contributed by atoms with Crippen molar-refractivity contribution in [3.05, 3.63) is 0 Å². The molecule has 1 aliphatic rings. The Morgan fingerprint density at radius 3 is 2.29 bits per heavy atom. The molecule has 1 rings (SSSR count). The summed E-state index contributed by atoms with van der Waals surface area (Å²) in [5.41, 5.74) is -2.22. The first kappa shape index (κ1) is 13.8. The summed E-state index contributed by atoms with van der Waals surface area (Å²) in [6, 6.07) is -0.648. The average Bonchev–Trinajstić information content (AvgIpc) is 2.20. The molecule has 6 nitrogen and oxygen atoms in total. The third-order valence-corrected chi connectivity index (χ3v) is 2.74. The van der Waals surface area contributed by atoms with Gasteiger partial charge < -0.3 is 14.6 Å². The van der Waals surface area contributed by atoms with Crippen molar-refractivity contribution in [3.63, 3.8) is 0 Å². The first-order valence-corrected chi connectivity index (χ1v) is 5.42. The second kappa shape index (κ2) is 4.18. The Bertz CT molecular complexity index is 335. The van der Waals surface area contributed by atoms with Gasteiger partial charge in [0, 0.05) is 0 Å². The molecule has 1 unspecified atom stereocenters. The number of aliphatic hydroxyl groups is 1. The van der Waals surface area contributed by atoms with Crippen LogP contribution in [-0.4, -0.2) is 53.0 Å². The van der Waals surface area contributed by atoms with Gasteiger partial charge in [-0.3, -0.25) is 4.90 Å². The third kappa shape index (κ3) is 2.52. The molecule has 0 spiro atoms. The van der Waals surface area contributed by atoms with E-state index < -0.39 is 29.3 Å². The van der Waals surface area contributed by atoms with Crippen LogP contribution < -0.4 is 0 Å². The van der Waals surface area contributed by atoms with Gasteiger partial charge in [-0.15, -0.1) is 0 Å². The lowest BCUT2D eigenvalue weighted by molar-refractivity contribution is -0.192. The van der Waals surface area contributed by atoms with Gasteiger partial charge in [0.15, 0.2) is 5.60 Å². The van der Waals surface area contributed by atoms with Gasteiger partial charge in [0.05, 0.1) is 19.7 Å². The van der Waals surface area contributed by atoms with Crippen LogP contribution in [0.15, 0.2) is 0 Å². The number of methoxy groups -OCH3 is 1. The van der Waals surface area contributed by atoms with Gasteiger partial charge in [-0.1, -0.05) is 0 Å². The van der Waals surface area contributed by atoms with Crippen LogP contribution in [-0.2, 0) is 14.3 Å². The van der Waals surface area contributed by atoms with Gasteiger partial charge in [-0.25, -0.2) is 9.59 Å². The normalized spacial score (nSPS) is 28.4. The Kier molecular flexibility index (Phi) is 3.38. The molecular formula is C11H19NO5. The summed E-state index contributed by atoms with van der Waals surface area (Å²) in [4.78, 5) is 24.3. The number of hydrogen-bond acceptors (Lipinski definition) is 5. The minimum Gasteiger partial charge on any atom is -0.467 e. The predicted octanol–water partition coefficient (Wildman–Crippen LogP) is 0.530. The van der Waals surface area contributed by atoms with Crippen LogP contribution in [0, 0.1) is 0 Å². The van der Waals surface area contributed by atoms with Crippen molar-refractivity contribution in [2.24, 2.45) is 0 Å². The number of likely N-dealkylation sites (tertiary alicyclic amines) is 1. The number of carbonyl (C=O) groups excluding carboxylic acids is 2. The summed E-state index contributed by atoms with van der Waals surface area (Å²) in [7, 11) is 1.20. The van der Waals surface area contributed by atoms with E-state index in [0.717, 1.165) is 0 Å². The highest BCUT2D eigenvalue weighted by molar-refractivity contribution is 5.85. The summed E-state index contributed by atoms with van der Waals surface area (Å²) in [6.07, 6.45) is -0.543. The minimum absolute atomic E-state index is 0.101. The molecule has 1 fully saturated rings. The van der Waals surface area contributed by atoms with Crippen LogP contribution >= 0.6 is 0 Å². The number of amides is 1. The molecule has 0 aliphatic carbocycles. The Hall–Kier alpha value is -1.30. The van der Waals surface area contributed by atoms with Gasteiger partial charge in [0.2, 0.25) is 0 Å². The van der Waals surface area contributed by atoms with Crippen molar-refractivity contribution in [2.45, 2.75) is 44.9 Å². The van der Waals surface area contributed by atoms with Gasteiger partial charge in [-0.2, -0.15) is 0 Å². The number of ether oxygens (including phenoxy) is 2. The van der Waals surface area contributed by atoms with Crippen LogP contribution in [0.5, 0.6) is 0 Å². The van der Waals surface area contributed by atoms with Crippen molar-refractivity contribution in [1.29, 1.82) is 0 Å². The van der Waals surface area contributed by atoms with Crippen LogP contribution in [0.3, 0.4) is 0 Å². The van der Waals surface area contributed by atoms with Crippen LogP contribution in [0.1, 0.15) is 27.7 Å². The van der Waals surface area contributed by atoms with Crippen LogP contribution in [0.4, 0.5) is 4.79 Å². The highest BCUT2D eigenvalue weighted by Gasteiger charge is 2.58. The number of carbonyl (C=O) groups is 2. The molecule has 0 aromatic heterocycles. The quantitative estimate of drug-likeness (QED) is 0.682. The predicted molar refractivity (Wildman–Crippen MR) is 59.4 cm³/mol. The maximum absolute atomic E-state index is 11.7. The number of rotatable bonds is 1. The van der Waals surface area contributed by atoms with Crippen molar-refractivity contribution in [3.8, 4) is 0 Å². The molecule has 6 heteroatoms. The number of esters is 1. The topological polar surface area (TPSA) is 76.1 Å². The van der Waals surface area contributed by atoms with E-state index in [1.165, 1.54) is 12.0 Å². The molecule has 0 aromatic rings. The first-order valence-electron chi connectivity index (χ1n) is 5.42. The molecule has 1 heterocycles. The van der Waals surface area contributed by atoms with Gasteiger partial charge in [0.1, 0.15) is 5.60 Å². The monoisotopic (exact) mass is 245 g/mol. The first-order chi connectivity index (χ1) is 7.62. The van der Waals surface area contributed by atoms with E-state index in [1.54, 1.807) is 27.7 Å². The van der Waals surface area contributed by atoms with E-state index >= 15 is 0 Å². The van der Waals surface area contributed by atoms with Gasteiger partial charge in [0.25, 0.3) is 0 Å². The molecule has 0 bridgehead atoms. The molecular weight excluding hydrogens is 226 g/mol. The lowest BCUT2D eigenvalue weighted by Crippen LogP contribution is -2.73. The highest BCUT2D eigenvalue weighted by Crippen LogP contribution is 2.31. The SMILES string of the molecule is COC(=O)C1(O)CN(C(=O)OC(C)(C)C)[C@H]1C. The van der Waals surface area contributed by atoms with E-state index in [9.17, 15) is 14.7 Å². The third-order valence-electron chi connectivity index (χ3n) is 2.74. The fourth-order valence-corrected chi connectivity index (χ4v) is 1.63. The van der Waals surface area contributed by atoms with Crippen molar-refractivity contribution < 1.29 is 24.2 Å². The lowest BCUT2D eigenvalue weighted by atomic mass is 9.85. The molecule has 98 valence electrons. The van der Waals surface area contributed by atoms with Gasteiger partial charge in [-0.05, 0) is 27.7 Å². The smallest absolute Gasteiger partial charge is 0.410 e. The average molecular weight is 245 g/mol. The van der Waals surface area contributed by atoms with Gasteiger partial charge >= 0.3 is 12.1 Å². The van der Waals surface area contributed by atoms with E-state index in [0.29, 0.717) is 0 Å². The molecule has 1 amide bonds. The Labute approximate surface area is 100 Å². The maximum Gasteiger partial charge on any atom is 0.410 e. The van der Waals surface area contributed by atoms with E-state index in [2.05, 4.69) is 4.74 Å². The van der Waals surface area contributed by atoms with E-state index in [-0.39, 0.29) is 6.54 Å². The number of nitrogens with zero attached hydrogens (tertiary/aromatic N) is 1. The minimum atomic E-state index is -1.62.